The molecule has 2 saturated carbocycles. The van der Waals surface area contributed by atoms with Crippen molar-refractivity contribution in [2.75, 3.05) is 0 Å². The standard InChI is InChI=1S/C51H54ClF7N6O3/c1-31(2)62-46(66)64-49(45-22-20-40(52)30-61-45,38-23-39(50(54,55)56)25-41(53)24-38)28-34-14-18-36(19-15-34)35-16-12-33(13-17-35)27-48(44-21-11-32(3)29-60-44,65-47(67)63-42-8-4-5-9-42)37-7-6-10-43(26-37)68-51(57,58)59/h6-7,10-13,16-17,20-26,29-31,34,36,42H,4-5,8-9,14-15,18-19,27-28H2,1-3H3,(H2,62,64,66)(H2,63,65,67)/t34?,36?,48-,49?/m0/s1. The summed E-state index contributed by atoms with van der Waals surface area (Å²) in [7, 11) is 0. The average molecular weight is 967 g/mol. The average Bonchev–Trinajstić information content (AvgIpc) is 3.78. The van der Waals surface area contributed by atoms with Gasteiger partial charge in [-0.05, 0) is 154 Å². The fraction of sp³-hybridized carbons (Fsp3) is 0.412. The maximum absolute atomic E-state index is 15.2. The van der Waals surface area contributed by atoms with Gasteiger partial charge in [-0.25, -0.2) is 14.0 Å². The van der Waals surface area contributed by atoms with Crippen LogP contribution in [-0.4, -0.2) is 40.5 Å². The van der Waals surface area contributed by atoms with Crippen LogP contribution in [0.2, 0.25) is 5.02 Å². The number of ether oxygens (including phenoxy) is 1. The number of benzene rings is 3. The van der Waals surface area contributed by atoms with Crippen LogP contribution in [0, 0.1) is 18.7 Å². The Kier molecular flexibility index (Phi) is 15.3. The molecule has 2 atom stereocenters. The van der Waals surface area contributed by atoms with Crippen LogP contribution in [0.25, 0.3) is 0 Å². The minimum Gasteiger partial charge on any atom is -0.406 e. The van der Waals surface area contributed by atoms with Crippen LogP contribution in [0.4, 0.5) is 40.3 Å². The number of carbonyl (C=O) groups is 2. The second-order valence-electron chi connectivity index (χ2n) is 18.4. The van der Waals surface area contributed by atoms with E-state index in [1.807, 2.05) is 37.3 Å². The predicted molar refractivity (Wildman–Crippen MR) is 244 cm³/mol. The van der Waals surface area contributed by atoms with E-state index >= 15 is 4.39 Å². The molecule has 1 unspecified atom stereocenters. The molecule has 2 aliphatic rings. The van der Waals surface area contributed by atoms with Gasteiger partial charge in [-0.1, -0.05) is 66.9 Å². The zero-order valence-electron chi connectivity index (χ0n) is 37.8. The first-order valence-corrected chi connectivity index (χ1v) is 23.1. The van der Waals surface area contributed by atoms with Crippen LogP contribution in [0.3, 0.4) is 0 Å². The molecule has 2 aliphatic carbocycles. The van der Waals surface area contributed by atoms with E-state index in [9.17, 15) is 35.9 Å². The number of hydrogen-bond donors (Lipinski definition) is 4. The number of carbonyl (C=O) groups excluding carboxylic acids is 2. The van der Waals surface area contributed by atoms with E-state index in [1.54, 1.807) is 32.2 Å². The van der Waals surface area contributed by atoms with Crippen molar-refractivity contribution in [2.45, 2.75) is 127 Å². The van der Waals surface area contributed by atoms with Crippen LogP contribution < -0.4 is 26.0 Å². The Hall–Kier alpha value is -5.90. The van der Waals surface area contributed by atoms with E-state index < -0.39 is 52.8 Å². The molecule has 0 aliphatic heterocycles. The summed E-state index contributed by atoms with van der Waals surface area (Å²) >= 11 is 6.20. The van der Waals surface area contributed by atoms with Crippen molar-refractivity contribution >= 4 is 23.7 Å². The molecule has 362 valence electrons. The number of nitrogens with zero attached hydrogens (tertiary/aromatic N) is 2. The third-order valence-corrected chi connectivity index (χ3v) is 13.1. The lowest BCUT2D eigenvalue weighted by molar-refractivity contribution is -0.274. The summed E-state index contributed by atoms with van der Waals surface area (Å²) in [6.07, 6.45) is -0.520. The van der Waals surface area contributed by atoms with Gasteiger partial charge in [-0.3, -0.25) is 9.97 Å². The van der Waals surface area contributed by atoms with Gasteiger partial charge in [0.25, 0.3) is 0 Å². The highest BCUT2D eigenvalue weighted by Gasteiger charge is 2.44. The van der Waals surface area contributed by atoms with E-state index in [0.29, 0.717) is 43.0 Å². The highest BCUT2D eigenvalue weighted by Crippen LogP contribution is 2.45. The summed E-state index contributed by atoms with van der Waals surface area (Å²) in [5.41, 5.74) is -0.916. The summed E-state index contributed by atoms with van der Waals surface area (Å²) < 4.78 is 103. The van der Waals surface area contributed by atoms with Gasteiger partial charge in [0.15, 0.2) is 0 Å². The Morgan fingerprint density at radius 3 is 2.00 bits per heavy atom. The van der Waals surface area contributed by atoms with Gasteiger partial charge >= 0.3 is 24.6 Å². The second kappa shape index (κ2) is 20.8. The summed E-state index contributed by atoms with van der Waals surface area (Å²) in [5, 5.41) is 12.1. The molecule has 9 nitrogen and oxygen atoms in total. The molecule has 2 aromatic heterocycles. The first-order valence-electron chi connectivity index (χ1n) is 22.8. The maximum Gasteiger partial charge on any atom is 0.573 e. The molecule has 17 heteroatoms. The van der Waals surface area contributed by atoms with Crippen molar-refractivity contribution in [3.8, 4) is 5.75 Å². The van der Waals surface area contributed by atoms with Gasteiger partial charge in [0.2, 0.25) is 0 Å². The normalized spacial score (nSPS) is 18.6. The van der Waals surface area contributed by atoms with Gasteiger partial charge in [0, 0.05) is 30.9 Å². The molecule has 5 aromatic rings. The molecular weight excluding hydrogens is 913 g/mol. The Bertz CT molecular complexity index is 2510. The highest BCUT2D eigenvalue weighted by molar-refractivity contribution is 6.30. The van der Waals surface area contributed by atoms with Crippen molar-refractivity contribution in [3.63, 3.8) is 0 Å². The lowest BCUT2D eigenvalue weighted by atomic mass is 9.71. The van der Waals surface area contributed by atoms with E-state index in [2.05, 4.69) is 31.0 Å². The molecule has 68 heavy (non-hydrogen) atoms. The SMILES string of the molecule is Cc1ccc([C@@](Cc2ccc(C3CCC(CC(NC(=O)NC(C)C)(c4cc(F)cc(C(F)(F)F)c4)c4ccc(Cl)cn4)CC3)cc2)(NC(=O)NC2CCCC2)c2cccc(OC(F)(F)F)c2)nc1. The highest BCUT2D eigenvalue weighted by atomic mass is 35.5. The quantitative estimate of drug-likeness (QED) is 0.0827. The molecule has 7 rings (SSSR count). The Morgan fingerprint density at radius 1 is 0.735 bits per heavy atom. The van der Waals surface area contributed by atoms with Gasteiger partial charge in [-0.2, -0.15) is 13.2 Å². The third-order valence-electron chi connectivity index (χ3n) is 12.9. The summed E-state index contributed by atoms with van der Waals surface area (Å²) in [5.74, 6) is -1.65. The van der Waals surface area contributed by atoms with Gasteiger partial charge in [0.1, 0.15) is 22.6 Å². The lowest BCUT2D eigenvalue weighted by Gasteiger charge is -2.40. The van der Waals surface area contributed by atoms with Gasteiger partial charge < -0.3 is 26.0 Å². The molecular formula is C51H54ClF7N6O3. The van der Waals surface area contributed by atoms with E-state index in [1.165, 1.54) is 36.5 Å². The first kappa shape index (κ1) is 50.0. The Balaban J connectivity index is 1.17. The van der Waals surface area contributed by atoms with Gasteiger partial charge in [-0.15, -0.1) is 13.2 Å². The maximum atomic E-state index is 15.2. The van der Waals surface area contributed by atoms with Crippen molar-refractivity contribution < 1.29 is 45.1 Å². The van der Waals surface area contributed by atoms with Crippen LogP contribution in [0.5, 0.6) is 5.75 Å². The number of amides is 4. The van der Waals surface area contributed by atoms with Gasteiger partial charge in [0.05, 0.1) is 22.0 Å². The number of aryl methyl sites for hydroxylation is 1. The fourth-order valence-corrected chi connectivity index (χ4v) is 9.82. The number of halogens is 8. The van der Waals surface area contributed by atoms with E-state index in [0.717, 1.165) is 54.5 Å². The smallest absolute Gasteiger partial charge is 0.406 e. The molecule has 3 aromatic carbocycles. The van der Waals surface area contributed by atoms with Crippen molar-refractivity contribution in [1.82, 2.24) is 31.2 Å². The minimum atomic E-state index is -4.95. The number of nitrogens with one attached hydrogen (secondary N) is 4. The second-order valence-corrected chi connectivity index (χ2v) is 18.8. The molecule has 0 spiro atoms. The zero-order valence-corrected chi connectivity index (χ0v) is 38.6. The molecule has 2 fully saturated rings. The number of aromatic nitrogens is 2. The molecule has 0 radical (unpaired) electrons. The topological polar surface area (TPSA) is 117 Å². The fourth-order valence-electron chi connectivity index (χ4n) is 9.71. The monoisotopic (exact) mass is 966 g/mol. The Morgan fingerprint density at radius 2 is 1.38 bits per heavy atom. The van der Waals surface area contributed by atoms with Crippen LogP contribution in [-0.2, 0) is 23.7 Å². The number of rotatable bonds is 14. The molecule has 0 saturated heterocycles. The number of urea groups is 2. The molecule has 0 bridgehead atoms. The zero-order chi connectivity index (χ0) is 48.9. The molecule has 2 heterocycles. The van der Waals surface area contributed by atoms with Crippen LogP contribution in [0.15, 0.2) is 103 Å². The van der Waals surface area contributed by atoms with Crippen LogP contribution >= 0.6 is 11.6 Å². The van der Waals surface area contributed by atoms with Crippen molar-refractivity contribution in [2.24, 2.45) is 5.92 Å². The number of alkyl halides is 6. The first-order chi connectivity index (χ1) is 32.2. The van der Waals surface area contributed by atoms with E-state index in [4.69, 9.17) is 16.6 Å². The predicted octanol–water partition coefficient (Wildman–Crippen LogP) is 12.5. The summed E-state index contributed by atoms with van der Waals surface area (Å²) in [6.45, 7) is 5.33. The number of hydrogen-bond acceptors (Lipinski definition) is 5. The Labute approximate surface area is 396 Å². The molecule has 4 amide bonds. The lowest BCUT2D eigenvalue weighted by Crippen LogP contribution is -2.54. The van der Waals surface area contributed by atoms with Crippen molar-refractivity contribution in [3.05, 3.63) is 159 Å². The molecule has 4 N–H and O–H groups in total. The summed E-state index contributed by atoms with van der Waals surface area (Å²) in [6, 6.07) is 20.7. The number of pyridine rings is 2. The van der Waals surface area contributed by atoms with Crippen molar-refractivity contribution in [1.29, 1.82) is 0 Å². The minimum absolute atomic E-state index is 0.0531. The van der Waals surface area contributed by atoms with E-state index in [-0.39, 0.29) is 53.0 Å². The summed E-state index contributed by atoms with van der Waals surface area (Å²) in [4.78, 5) is 36.6. The van der Waals surface area contributed by atoms with Crippen LogP contribution in [0.1, 0.15) is 122 Å². The largest absolute Gasteiger partial charge is 0.573 e. The third kappa shape index (κ3) is 12.4.